The first-order chi connectivity index (χ1) is 6.86. The minimum Gasteiger partial charge on any atom is -0.366 e. The summed E-state index contributed by atoms with van der Waals surface area (Å²) in [5, 5.41) is 10.4. The van der Waals surface area contributed by atoms with Crippen molar-refractivity contribution in [3.63, 3.8) is 0 Å². The van der Waals surface area contributed by atoms with Crippen molar-refractivity contribution in [3.05, 3.63) is 38.9 Å². The van der Waals surface area contributed by atoms with Crippen molar-refractivity contribution in [2.45, 2.75) is 6.92 Å². The van der Waals surface area contributed by atoms with E-state index >= 15 is 0 Å². The first-order valence-corrected chi connectivity index (χ1v) is 3.79. The number of carbonyl (C=O) groups is 1. The van der Waals surface area contributed by atoms with E-state index in [4.69, 9.17) is 5.73 Å². The van der Waals surface area contributed by atoms with Crippen LogP contribution in [0.4, 0.5) is 14.5 Å². The van der Waals surface area contributed by atoms with E-state index in [9.17, 15) is 23.7 Å². The Balaban J connectivity index is 3.63. The van der Waals surface area contributed by atoms with Gasteiger partial charge in [-0.1, -0.05) is 0 Å². The van der Waals surface area contributed by atoms with Gasteiger partial charge in [0.15, 0.2) is 0 Å². The van der Waals surface area contributed by atoms with Gasteiger partial charge in [0.1, 0.15) is 5.82 Å². The highest BCUT2D eigenvalue weighted by Gasteiger charge is 2.26. The second-order valence-corrected chi connectivity index (χ2v) is 2.81. The maximum atomic E-state index is 13.3. The zero-order valence-electron chi connectivity index (χ0n) is 7.58. The predicted molar refractivity (Wildman–Crippen MR) is 46.3 cm³/mol. The van der Waals surface area contributed by atoms with Crippen molar-refractivity contribution in [3.8, 4) is 0 Å². The largest absolute Gasteiger partial charge is 0.366 e. The van der Waals surface area contributed by atoms with Crippen molar-refractivity contribution >= 4 is 11.6 Å². The lowest BCUT2D eigenvalue weighted by molar-refractivity contribution is -0.388. The molecule has 0 aromatic heterocycles. The molecule has 7 heteroatoms. The molecule has 80 valence electrons. The summed E-state index contributed by atoms with van der Waals surface area (Å²) in [5.74, 6) is -3.71. The summed E-state index contributed by atoms with van der Waals surface area (Å²) in [6.07, 6.45) is 0. The lowest BCUT2D eigenvalue weighted by Gasteiger charge is -2.03. The lowest BCUT2D eigenvalue weighted by atomic mass is 10.1. The second kappa shape index (κ2) is 3.60. The average molecular weight is 216 g/mol. The molecule has 0 spiro atoms. The van der Waals surface area contributed by atoms with Gasteiger partial charge in [-0.2, -0.15) is 4.39 Å². The molecule has 0 atom stereocenters. The number of hydrogen-bond acceptors (Lipinski definition) is 3. The molecule has 0 heterocycles. The number of primary amides is 1. The fourth-order valence-corrected chi connectivity index (χ4v) is 1.10. The highest BCUT2D eigenvalue weighted by atomic mass is 19.1. The van der Waals surface area contributed by atoms with Gasteiger partial charge in [0.25, 0.3) is 5.91 Å². The minimum absolute atomic E-state index is 0.470. The normalized spacial score (nSPS) is 10.1. The Hall–Kier alpha value is -2.05. The van der Waals surface area contributed by atoms with E-state index in [0.29, 0.717) is 6.07 Å². The van der Waals surface area contributed by atoms with Crippen LogP contribution in [0.5, 0.6) is 0 Å². The molecule has 0 saturated carbocycles. The topological polar surface area (TPSA) is 86.2 Å². The Morgan fingerprint density at radius 1 is 1.53 bits per heavy atom. The Morgan fingerprint density at radius 2 is 2.07 bits per heavy atom. The first-order valence-electron chi connectivity index (χ1n) is 3.79. The molecular formula is C8H6F2N2O3. The number of amides is 1. The van der Waals surface area contributed by atoms with Gasteiger partial charge in [0.05, 0.1) is 16.1 Å². The van der Waals surface area contributed by atoms with Crippen LogP contribution in [0.25, 0.3) is 0 Å². The number of halogens is 2. The smallest absolute Gasteiger partial charge is 0.311 e. The van der Waals surface area contributed by atoms with E-state index in [1.54, 1.807) is 0 Å². The van der Waals surface area contributed by atoms with Crippen LogP contribution in [0, 0.1) is 28.7 Å². The number of benzene rings is 1. The number of hydrogen-bond donors (Lipinski definition) is 1. The zero-order chi connectivity index (χ0) is 11.7. The maximum absolute atomic E-state index is 13.3. The Bertz CT molecular complexity index is 460. The van der Waals surface area contributed by atoms with Crippen LogP contribution in [-0.2, 0) is 0 Å². The summed E-state index contributed by atoms with van der Waals surface area (Å²) >= 11 is 0. The Kier molecular flexibility index (Phi) is 2.65. The molecule has 1 aromatic rings. The Labute approximate surface area is 82.6 Å². The van der Waals surface area contributed by atoms with Gasteiger partial charge >= 0.3 is 5.69 Å². The van der Waals surface area contributed by atoms with Crippen LogP contribution in [0.15, 0.2) is 6.07 Å². The summed E-state index contributed by atoms with van der Waals surface area (Å²) in [6, 6.07) is 0.542. The van der Waals surface area contributed by atoms with Crippen molar-refractivity contribution < 1.29 is 18.5 Å². The van der Waals surface area contributed by atoms with Gasteiger partial charge in [-0.3, -0.25) is 14.9 Å². The molecule has 0 aliphatic heterocycles. The summed E-state index contributed by atoms with van der Waals surface area (Å²) < 4.78 is 26.4. The van der Waals surface area contributed by atoms with Crippen LogP contribution < -0.4 is 5.73 Å². The molecule has 5 nitrogen and oxygen atoms in total. The van der Waals surface area contributed by atoms with E-state index in [-0.39, 0.29) is 0 Å². The molecule has 1 aromatic carbocycles. The van der Waals surface area contributed by atoms with Crippen LogP contribution in [0.1, 0.15) is 15.9 Å². The van der Waals surface area contributed by atoms with Crippen LogP contribution in [0.2, 0.25) is 0 Å². The molecule has 15 heavy (non-hydrogen) atoms. The molecule has 0 fully saturated rings. The van der Waals surface area contributed by atoms with Gasteiger partial charge in [0.2, 0.25) is 5.82 Å². The Morgan fingerprint density at radius 3 is 2.47 bits per heavy atom. The number of nitrogens with zero attached hydrogens (tertiary/aromatic N) is 1. The lowest BCUT2D eigenvalue weighted by Crippen LogP contribution is -2.15. The molecule has 1 amide bonds. The highest BCUT2D eigenvalue weighted by Crippen LogP contribution is 2.27. The van der Waals surface area contributed by atoms with Gasteiger partial charge in [-0.25, -0.2) is 4.39 Å². The molecule has 2 N–H and O–H groups in total. The van der Waals surface area contributed by atoms with Crippen LogP contribution in [-0.4, -0.2) is 10.8 Å². The van der Waals surface area contributed by atoms with Gasteiger partial charge in [0, 0.05) is 0 Å². The fourth-order valence-electron chi connectivity index (χ4n) is 1.10. The van der Waals surface area contributed by atoms with E-state index in [0.717, 1.165) is 6.92 Å². The highest BCUT2D eigenvalue weighted by molar-refractivity contribution is 5.94. The standard InChI is InChI=1S/C8H6F2N2O3/c1-3-5(9)2-4(8(11)13)6(10)7(3)12(14)15/h2H,1H3,(H2,11,13). The van der Waals surface area contributed by atoms with E-state index in [1.807, 2.05) is 0 Å². The van der Waals surface area contributed by atoms with Crippen molar-refractivity contribution in [1.29, 1.82) is 0 Å². The van der Waals surface area contributed by atoms with Gasteiger partial charge < -0.3 is 5.73 Å². The number of carbonyl (C=O) groups excluding carboxylic acids is 1. The number of rotatable bonds is 2. The molecule has 0 bridgehead atoms. The maximum Gasteiger partial charge on any atom is 0.311 e. The van der Waals surface area contributed by atoms with E-state index in [1.165, 1.54) is 0 Å². The van der Waals surface area contributed by atoms with Crippen molar-refractivity contribution in [1.82, 2.24) is 0 Å². The zero-order valence-corrected chi connectivity index (χ0v) is 7.58. The summed E-state index contributed by atoms with van der Waals surface area (Å²) in [7, 11) is 0. The van der Waals surface area contributed by atoms with Crippen LogP contribution >= 0.6 is 0 Å². The number of nitrogens with two attached hydrogens (primary N) is 1. The molecule has 0 radical (unpaired) electrons. The number of nitro benzene ring substituents is 1. The van der Waals surface area contributed by atoms with Crippen molar-refractivity contribution in [2.75, 3.05) is 0 Å². The second-order valence-electron chi connectivity index (χ2n) is 2.81. The summed E-state index contributed by atoms with van der Waals surface area (Å²) in [6.45, 7) is 1.04. The third-order valence-electron chi connectivity index (χ3n) is 1.88. The van der Waals surface area contributed by atoms with Crippen molar-refractivity contribution in [2.24, 2.45) is 5.73 Å². The molecule has 0 unspecified atom stereocenters. The van der Waals surface area contributed by atoms with E-state index in [2.05, 4.69) is 0 Å². The molecule has 0 saturated heterocycles. The molecule has 0 aliphatic carbocycles. The quantitative estimate of drug-likeness (QED) is 0.596. The number of nitro groups is 1. The third kappa shape index (κ3) is 1.76. The average Bonchev–Trinajstić information content (AvgIpc) is 2.10. The van der Waals surface area contributed by atoms with E-state index < -0.39 is 39.3 Å². The molecular weight excluding hydrogens is 210 g/mol. The summed E-state index contributed by atoms with van der Waals surface area (Å²) in [5.41, 5.74) is 2.37. The van der Waals surface area contributed by atoms with Gasteiger partial charge in [-0.05, 0) is 13.0 Å². The van der Waals surface area contributed by atoms with Gasteiger partial charge in [-0.15, -0.1) is 0 Å². The first kappa shape index (κ1) is 11.0. The molecule has 1 rings (SSSR count). The minimum atomic E-state index is -1.41. The SMILES string of the molecule is Cc1c(F)cc(C(N)=O)c(F)c1[N+](=O)[O-]. The molecule has 0 aliphatic rings. The predicted octanol–water partition coefficient (Wildman–Crippen LogP) is 1.28. The summed E-state index contributed by atoms with van der Waals surface area (Å²) in [4.78, 5) is 20.0. The monoisotopic (exact) mass is 216 g/mol. The third-order valence-corrected chi connectivity index (χ3v) is 1.88. The fraction of sp³-hybridized carbons (Fsp3) is 0.125. The van der Waals surface area contributed by atoms with Crippen LogP contribution in [0.3, 0.4) is 0 Å².